The molecular formula is C40H37Cl2F3N4O6. The number of amides is 4. The van der Waals surface area contributed by atoms with Gasteiger partial charge in [0.05, 0.1) is 40.4 Å². The number of alkyl halides is 3. The van der Waals surface area contributed by atoms with Gasteiger partial charge in [0.15, 0.2) is 17.3 Å². The van der Waals surface area contributed by atoms with E-state index in [0.717, 1.165) is 37.1 Å². The Labute approximate surface area is 324 Å². The number of carbonyl (C=O) groups excluding carboxylic acids is 4. The van der Waals surface area contributed by atoms with Crippen molar-refractivity contribution in [3.8, 4) is 11.5 Å². The molecule has 8 rings (SSSR count). The number of aromatic nitrogens is 1. The van der Waals surface area contributed by atoms with E-state index in [4.69, 9.17) is 27.9 Å². The number of hydrogen-bond acceptors (Lipinski definition) is 8. The number of phenolic OH excluding ortho intramolecular Hbond substituents is 1. The van der Waals surface area contributed by atoms with Gasteiger partial charge in [-0.1, -0.05) is 72.3 Å². The number of hydrazine groups is 1. The molecule has 55 heavy (non-hydrogen) atoms. The van der Waals surface area contributed by atoms with E-state index < -0.39 is 63.6 Å². The number of allylic oxidation sites excluding steroid dienone is 2. The minimum Gasteiger partial charge on any atom is -0.504 e. The molecule has 3 heterocycles. The lowest BCUT2D eigenvalue weighted by Gasteiger charge is -2.50. The number of aromatic hydroxyl groups is 1. The van der Waals surface area contributed by atoms with Crippen molar-refractivity contribution in [2.24, 2.45) is 23.7 Å². The molecular weight excluding hydrogens is 760 g/mol. The van der Waals surface area contributed by atoms with Gasteiger partial charge in [-0.05, 0) is 80.0 Å². The number of hydrogen-bond donors (Lipinski definition) is 2. The summed E-state index contributed by atoms with van der Waals surface area (Å²) < 4.78 is 46.3. The van der Waals surface area contributed by atoms with Crippen molar-refractivity contribution in [2.45, 2.75) is 75.4 Å². The molecule has 288 valence electrons. The molecule has 2 saturated heterocycles. The zero-order chi connectivity index (χ0) is 39.0. The molecule has 4 fully saturated rings. The summed E-state index contributed by atoms with van der Waals surface area (Å²) >= 11 is 12.6. The monoisotopic (exact) mass is 796 g/mol. The third-order valence-corrected chi connectivity index (χ3v) is 12.7. The molecule has 3 aromatic rings. The molecule has 2 N–H and O–H groups in total. The molecule has 4 amide bonds. The number of rotatable bonds is 7. The number of nitrogens with zero attached hydrogens (tertiary/aromatic N) is 3. The molecule has 6 atom stereocenters. The van der Waals surface area contributed by atoms with E-state index in [-0.39, 0.29) is 54.6 Å². The van der Waals surface area contributed by atoms with Crippen molar-refractivity contribution < 1.29 is 42.2 Å². The molecule has 2 aliphatic heterocycles. The van der Waals surface area contributed by atoms with E-state index in [9.17, 15) is 32.7 Å². The minimum atomic E-state index is -4.74. The summed E-state index contributed by atoms with van der Waals surface area (Å²) in [6.07, 6.45) is 2.32. The Morgan fingerprint density at radius 1 is 0.964 bits per heavy atom. The first kappa shape index (κ1) is 37.3. The van der Waals surface area contributed by atoms with Gasteiger partial charge in [0.2, 0.25) is 11.8 Å². The largest absolute Gasteiger partial charge is 0.504 e. The Hall–Kier alpha value is -4.62. The first-order chi connectivity index (χ1) is 26.3. The Morgan fingerprint density at radius 3 is 2.36 bits per heavy atom. The van der Waals surface area contributed by atoms with Crippen LogP contribution in [0.3, 0.4) is 0 Å². The number of carbonyl (C=O) groups is 4. The van der Waals surface area contributed by atoms with Crippen LogP contribution >= 0.6 is 23.2 Å². The van der Waals surface area contributed by atoms with Crippen LogP contribution in [0.1, 0.15) is 74.5 Å². The lowest BCUT2D eigenvalue weighted by Crippen LogP contribution is -2.53. The van der Waals surface area contributed by atoms with Gasteiger partial charge in [0, 0.05) is 23.2 Å². The smallest absolute Gasteiger partial charge is 0.417 e. The Bertz CT molecular complexity index is 2120. The lowest BCUT2D eigenvalue weighted by atomic mass is 9.49. The second kappa shape index (κ2) is 13.8. The van der Waals surface area contributed by atoms with Gasteiger partial charge in [0.25, 0.3) is 11.8 Å². The van der Waals surface area contributed by atoms with Crippen LogP contribution in [0.4, 0.5) is 19.0 Å². The number of phenols is 1. The molecule has 0 unspecified atom stereocenters. The van der Waals surface area contributed by atoms with Crippen LogP contribution in [0.25, 0.3) is 0 Å². The number of likely N-dealkylation sites (tertiary alicyclic amines) is 1. The second-order valence-electron chi connectivity index (χ2n) is 14.9. The summed E-state index contributed by atoms with van der Waals surface area (Å²) in [6.45, 7) is 1.97. The van der Waals surface area contributed by atoms with Crippen LogP contribution in [0.5, 0.6) is 11.5 Å². The van der Waals surface area contributed by atoms with Gasteiger partial charge in [0.1, 0.15) is 0 Å². The number of pyridine rings is 1. The fourth-order valence-electron chi connectivity index (χ4n) is 9.86. The van der Waals surface area contributed by atoms with E-state index in [2.05, 4.69) is 10.4 Å². The van der Waals surface area contributed by atoms with E-state index in [0.29, 0.717) is 34.0 Å². The van der Waals surface area contributed by atoms with Gasteiger partial charge in [-0.3, -0.25) is 29.5 Å². The number of ether oxygens (including phenoxy) is 1. The molecule has 2 aromatic carbocycles. The maximum absolute atomic E-state index is 15.4. The highest BCUT2D eigenvalue weighted by Gasteiger charge is 2.70. The number of nitrogens with one attached hydrogen (secondary N) is 1. The maximum Gasteiger partial charge on any atom is 0.417 e. The highest BCUT2D eigenvalue weighted by atomic mass is 35.5. The Balaban J connectivity index is 1.31. The summed E-state index contributed by atoms with van der Waals surface area (Å²) in [4.78, 5) is 64.1. The predicted molar refractivity (Wildman–Crippen MR) is 195 cm³/mol. The van der Waals surface area contributed by atoms with Crippen LogP contribution in [0.2, 0.25) is 10.0 Å². The highest BCUT2D eigenvalue weighted by molar-refractivity contribution is 6.33. The number of benzene rings is 2. The van der Waals surface area contributed by atoms with Crippen LogP contribution in [-0.2, 0) is 30.8 Å². The average molecular weight is 798 g/mol. The average Bonchev–Trinajstić information content (AvgIpc) is 3.54. The van der Waals surface area contributed by atoms with E-state index >= 15 is 4.79 Å². The zero-order valence-electron chi connectivity index (χ0n) is 29.6. The maximum atomic E-state index is 15.4. The van der Waals surface area contributed by atoms with Gasteiger partial charge in [-0.15, -0.1) is 0 Å². The van der Waals surface area contributed by atoms with Gasteiger partial charge in [-0.25, -0.2) is 4.98 Å². The number of fused-ring (bicyclic) bond motifs is 4. The number of imide groups is 2. The van der Waals surface area contributed by atoms with Crippen molar-refractivity contribution in [3.05, 3.63) is 93.1 Å². The highest BCUT2D eigenvalue weighted by Crippen LogP contribution is 2.64. The van der Waals surface area contributed by atoms with Crippen LogP contribution < -0.4 is 10.2 Å². The van der Waals surface area contributed by atoms with Gasteiger partial charge < -0.3 is 9.84 Å². The van der Waals surface area contributed by atoms with Crippen molar-refractivity contribution in [1.29, 1.82) is 0 Å². The third-order valence-electron chi connectivity index (χ3n) is 12.1. The van der Waals surface area contributed by atoms with Gasteiger partial charge >= 0.3 is 6.18 Å². The number of anilines is 1. The van der Waals surface area contributed by atoms with Crippen molar-refractivity contribution in [2.75, 3.05) is 12.0 Å². The molecule has 15 heteroatoms. The molecule has 0 spiro atoms. The van der Waals surface area contributed by atoms with Gasteiger partial charge in [-0.2, -0.15) is 18.2 Å². The summed E-state index contributed by atoms with van der Waals surface area (Å²) in [5.74, 6) is -6.43. The molecule has 10 nitrogen and oxygen atoms in total. The zero-order valence-corrected chi connectivity index (χ0v) is 31.1. The summed E-state index contributed by atoms with van der Waals surface area (Å²) in [5.41, 5.74) is 1.44. The van der Waals surface area contributed by atoms with E-state index in [1.165, 1.54) is 11.0 Å². The minimum absolute atomic E-state index is 0.0109. The third kappa shape index (κ3) is 5.87. The van der Waals surface area contributed by atoms with Crippen LogP contribution in [0.15, 0.2) is 66.4 Å². The van der Waals surface area contributed by atoms with E-state index in [1.54, 1.807) is 43.3 Å². The number of halogens is 5. The summed E-state index contributed by atoms with van der Waals surface area (Å²) in [5, 5.41) is 11.4. The first-order valence-corrected chi connectivity index (χ1v) is 19.2. The summed E-state index contributed by atoms with van der Waals surface area (Å²) in [6, 6.07) is 11.7. The summed E-state index contributed by atoms with van der Waals surface area (Å²) in [7, 11) is 0. The van der Waals surface area contributed by atoms with Crippen LogP contribution in [0, 0.1) is 23.7 Å². The molecule has 0 radical (unpaired) electrons. The topological polar surface area (TPSA) is 129 Å². The molecule has 2 saturated carbocycles. The van der Waals surface area contributed by atoms with Crippen molar-refractivity contribution >= 4 is 52.6 Å². The molecule has 1 aromatic heterocycles. The Morgan fingerprint density at radius 2 is 1.69 bits per heavy atom. The van der Waals surface area contributed by atoms with Crippen LogP contribution in [-0.4, -0.2) is 56.3 Å². The standard InChI is InChI=1S/C40H37Cl2F3N4O6/c1-2-55-31-16-20(8-15-30(31)50)33-25-13-14-26-32(37(53)48(35(26)51)24-6-4-3-5-7-24)27(25)18-28-36(52)49(38(54)39(28,33)21-9-11-23(41)12-10-21)47-34-29(42)17-22(19-46-34)40(43,44)45/h8-13,15-17,19,24,26-28,32-33,50H,2-7,14,18H2,1H3,(H,46,47)/t26-,27+,28-,32-,33-,39+/m0/s1. The quantitative estimate of drug-likeness (QED) is 0.183. The first-order valence-electron chi connectivity index (χ1n) is 18.4. The molecule has 3 aliphatic carbocycles. The van der Waals surface area contributed by atoms with E-state index in [1.807, 2.05) is 6.08 Å². The predicted octanol–water partition coefficient (Wildman–Crippen LogP) is 7.83. The Kier molecular flexibility index (Phi) is 9.39. The normalized spacial score (nSPS) is 28.2. The fourth-order valence-corrected chi connectivity index (χ4v) is 10.2. The second-order valence-corrected chi connectivity index (χ2v) is 15.8. The fraction of sp³-hybridized carbons (Fsp3) is 0.425. The molecule has 0 bridgehead atoms. The lowest BCUT2D eigenvalue weighted by molar-refractivity contribution is -0.144. The van der Waals surface area contributed by atoms with Crippen molar-refractivity contribution in [1.82, 2.24) is 14.9 Å². The van der Waals surface area contributed by atoms with Crippen molar-refractivity contribution in [3.63, 3.8) is 0 Å². The SMILES string of the molecule is CCOc1cc([C@H]2C3=CC[C@@H]4C(=O)N(C5CCCCC5)C(=O)[C@@H]4[C@@H]3C[C@H]3C(=O)N(Nc4ncc(C(F)(F)F)cc4Cl)C(=O)[C@@]23c2ccc(Cl)cc2)ccc1O. The molecule has 5 aliphatic rings.